The predicted molar refractivity (Wildman–Crippen MR) is 76.2 cm³/mol. The van der Waals surface area contributed by atoms with Crippen LogP contribution in [-0.4, -0.2) is 51.6 Å². The summed E-state index contributed by atoms with van der Waals surface area (Å²) < 4.78 is 22.1. The van der Waals surface area contributed by atoms with Crippen molar-refractivity contribution in [2.75, 3.05) is 39.6 Å². The average molecular weight is 291 g/mol. The van der Waals surface area contributed by atoms with Crippen LogP contribution in [-0.2, 0) is 9.47 Å². The molecule has 21 heavy (non-hydrogen) atoms. The molecule has 0 atom stereocenters. The molecule has 6 nitrogen and oxygen atoms in total. The molecule has 0 aromatic heterocycles. The second kappa shape index (κ2) is 6.69. The molecule has 112 valence electrons. The van der Waals surface area contributed by atoms with Gasteiger partial charge in [-0.3, -0.25) is 9.79 Å². The van der Waals surface area contributed by atoms with Crippen molar-refractivity contribution in [2.24, 2.45) is 4.99 Å². The first-order valence-electron chi connectivity index (χ1n) is 6.99. The van der Waals surface area contributed by atoms with Crippen molar-refractivity contribution in [3.8, 4) is 11.5 Å². The highest BCUT2D eigenvalue weighted by Crippen LogP contribution is 2.37. The van der Waals surface area contributed by atoms with Crippen LogP contribution in [0.5, 0.6) is 11.5 Å². The molecule has 3 rings (SSSR count). The number of hydrogen-bond donors (Lipinski definition) is 0. The third-order valence-electron chi connectivity index (χ3n) is 3.21. The van der Waals surface area contributed by atoms with Crippen LogP contribution in [0.1, 0.15) is 16.8 Å². The first kappa shape index (κ1) is 14.0. The van der Waals surface area contributed by atoms with E-state index in [9.17, 15) is 4.79 Å². The van der Waals surface area contributed by atoms with Crippen molar-refractivity contribution in [1.82, 2.24) is 0 Å². The highest BCUT2D eigenvalue weighted by Gasteiger charge is 2.19. The van der Waals surface area contributed by atoms with E-state index in [-0.39, 0.29) is 5.78 Å². The van der Waals surface area contributed by atoms with Crippen molar-refractivity contribution in [1.29, 1.82) is 0 Å². The molecule has 6 heteroatoms. The van der Waals surface area contributed by atoms with Gasteiger partial charge in [0.05, 0.1) is 32.1 Å². The lowest BCUT2D eigenvalue weighted by atomic mass is 10.0. The van der Waals surface area contributed by atoms with Crippen molar-refractivity contribution in [3.05, 3.63) is 17.7 Å². The van der Waals surface area contributed by atoms with E-state index in [1.54, 1.807) is 18.3 Å². The number of fused-ring (bicyclic) bond motifs is 2. The minimum Gasteiger partial charge on any atom is -0.487 e. The van der Waals surface area contributed by atoms with Crippen LogP contribution in [0.15, 0.2) is 17.1 Å². The molecule has 2 aliphatic rings. The topological polar surface area (TPSA) is 66.4 Å². The minimum atomic E-state index is 0.0390. The van der Waals surface area contributed by atoms with Gasteiger partial charge in [0.2, 0.25) is 0 Å². The summed E-state index contributed by atoms with van der Waals surface area (Å²) in [6.45, 7) is 2.82. The zero-order valence-electron chi connectivity index (χ0n) is 11.7. The van der Waals surface area contributed by atoms with Crippen molar-refractivity contribution < 1.29 is 23.7 Å². The highest BCUT2D eigenvalue weighted by molar-refractivity contribution is 6.10. The third-order valence-corrected chi connectivity index (χ3v) is 3.21. The average Bonchev–Trinajstić information content (AvgIpc) is 2.48. The third kappa shape index (κ3) is 3.40. The summed E-state index contributed by atoms with van der Waals surface area (Å²) in [6, 6.07) is 3.45. The quantitative estimate of drug-likeness (QED) is 0.729. The molecule has 0 aliphatic carbocycles. The van der Waals surface area contributed by atoms with E-state index < -0.39 is 0 Å². The van der Waals surface area contributed by atoms with Crippen molar-refractivity contribution in [2.45, 2.75) is 6.42 Å². The zero-order chi connectivity index (χ0) is 14.5. The number of rotatable bonds is 0. The summed E-state index contributed by atoms with van der Waals surface area (Å²) in [7, 11) is 0. The van der Waals surface area contributed by atoms with E-state index in [1.807, 2.05) is 0 Å². The summed E-state index contributed by atoms with van der Waals surface area (Å²) in [5, 5.41) is 0. The Morgan fingerprint density at radius 2 is 1.48 bits per heavy atom. The number of nitrogens with zero attached hydrogens (tertiary/aromatic N) is 1. The van der Waals surface area contributed by atoms with E-state index in [4.69, 9.17) is 18.9 Å². The van der Waals surface area contributed by atoms with Gasteiger partial charge in [-0.1, -0.05) is 0 Å². The minimum absolute atomic E-state index is 0.0390. The van der Waals surface area contributed by atoms with Crippen LogP contribution in [0.2, 0.25) is 0 Å². The van der Waals surface area contributed by atoms with Gasteiger partial charge >= 0.3 is 0 Å². The summed E-state index contributed by atoms with van der Waals surface area (Å²) in [5.41, 5.74) is 1.20. The van der Waals surface area contributed by atoms with Gasteiger partial charge in [0.1, 0.15) is 13.2 Å². The van der Waals surface area contributed by atoms with E-state index in [2.05, 4.69) is 4.99 Å². The molecule has 0 saturated carbocycles. The standard InChI is InChI=1S/C15H17NO5/c17-13-1-2-16-12-10-15-14(9-11(12)13)20-7-5-18-3-4-19-6-8-21-15/h2,9-10H,1,3-8H2. The normalized spacial score (nSPS) is 19.3. The number of carbonyl (C=O) groups is 1. The molecule has 0 N–H and O–H groups in total. The fourth-order valence-corrected chi connectivity index (χ4v) is 2.18. The van der Waals surface area contributed by atoms with Gasteiger partial charge in [-0.25, -0.2) is 0 Å². The predicted octanol–water partition coefficient (Wildman–Crippen LogP) is 1.78. The lowest BCUT2D eigenvalue weighted by molar-refractivity contribution is 0.0223. The Morgan fingerprint density at radius 3 is 2.19 bits per heavy atom. The Morgan fingerprint density at radius 1 is 0.857 bits per heavy atom. The Labute approximate surface area is 122 Å². The van der Waals surface area contributed by atoms with Gasteiger partial charge in [-0.2, -0.15) is 0 Å². The van der Waals surface area contributed by atoms with E-state index >= 15 is 0 Å². The Kier molecular flexibility index (Phi) is 4.47. The number of hydrogen-bond acceptors (Lipinski definition) is 6. The molecule has 1 aromatic rings. The molecule has 0 radical (unpaired) electrons. The Bertz CT molecular complexity index is 555. The lowest BCUT2D eigenvalue weighted by Gasteiger charge is -2.18. The molecule has 0 saturated heterocycles. The van der Waals surface area contributed by atoms with Crippen LogP contribution in [0, 0.1) is 0 Å². The van der Waals surface area contributed by atoms with E-state index in [1.165, 1.54) is 0 Å². The maximum absolute atomic E-state index is 11.9. The highest BCUT2D eigenvalue weighted by atomic mass is 16.6. The van der Waals surface area contributed by atoms with Crippen molar-refractivity contribution >= 4 is 17.7 Å². The van der Waals surface area contributed by atoms with Crippen LogP contribution in [0.3, 0.4) is 0 Å². The van der Waals surface area contributed by atoms with Crippen molar-refractivity contribution in [3.63, 3.8) is 0 Å². The number of aliphatic imine (C=N–C) groups is 1. The summed E-state index contributed by atoms with van der Waals surface area (Å²) in [4.78, 5) is 16.2. The lowest BCUT2D eigenvalue weighted by Crippen LogP contribution is -2.16. The summed E-state index contributed by atoms with van der Waals surface area (Å²) in [5.74, 6) is 1.16. The molecule has 1 aromatic carbocycles. The smallest absolute Gasteiger partial charge is 0.170 e. The number of Topliss-reactive ketones (excluding diaryl/α,β-unsaturated/α-hetero) is 1. The van der Waals surface area contributed by atoms with Gasteiger partial charge in [-0.05, 0) is 6.07 Å². The molecule has 0 amide bonds. The molecule has 2 heterocycles. The molecule has 0 spiro atoms. The summed E-state index contributed by atoms with van der Waals surface area (Å²) in [6.07, 6.45) is 1.94. The maximum atomic E-state index is 11.9. The molecule has 0 bridgehead atoms. The number of benzene rings is 1. The number of ketones is 1. The van der Waals surface area contributed by atoms with Gasteiger partial charge in [0.25, 0.3) is 0 Å². The summed E-state index contributed by atoms with van der Waals surface area (Å²) >= 11 is 0. The monoisotopic (exact) mass is 291 g/mol. The van der Waals surface area contributed by atoms with Crippen LogP contribution in [0.4, 0.5) is 5.69 Å². The molecule has 0 fully saturated rings. The van der Waals surface area contributed by atoms with Crippen LogP contribution < -0.4 is 9.47 Å². The first-order chi connectivity index (χ1) is 10.3. The van der Waals surface area contributed by atoms with E-state index in [0.29, 0.717) is 68.8 Å². The molecular formula is C15H17NO5. The number of carbonyl (C=O) groups excluding carboxylic acids is 1. The largest absolute Gasteiger partial charge is 0.487 e. The molecular weight excluding hydrogens is 274 g/mol. The maximum Gasteiger partial charge on any atom is 0.170 e. The van der Waals surface area contributed by atoms with Crippen LogP contribution in [0.25, 0.3) is 0 Å². The molecule has 2 aliphatic heterocycles. The number of ether oxygens (including phenoxy) is 4. The first-order valence-corrected chi connectivity index (χ1v) is 6.99. The van der Waals surface area contributed by atoms with Gasteiger partial charge < -0.3 is 18.9 Å². The Balaban J connectivity index is 1.87. The zero-order valence-corrected chi connectivity index (χ0v) is 11.7. The van der Waals surface area contributed by atoms with Crippen LogP contribution >= 0.6 is 0 Å². The fourth-order valence-electron chi connectivity index (χ4n) is 2.18. The Hall–Kier alpha value is -1.92. The second-order valence-corrected chi connectivity index (χ2v) is 4.68. The van der Waals surface area contributed by atoms with E-state index in [0.717, 1.165) is 0 Å². The molecule has 0 unspecified atom stereocenters. The van der Waals surface area contributed by atoms with Gasteiger partial charge in [0.15, 0.2) is 17.3 Å². The van der Waals surface area contributed by atoms with Gasteiger partial charge in [-0.15, -0.1) is 0 Å². The second-order valence-electron chi connectivity index (χ2n) is 4.68. The fraction of sp³-hybridized carbons (Fsp3) is 0.467. The van der Waals surface area contributed by atoms with Gasteiger partial charge in [0, 0.05) is 24.3 Å². The SMILES string of the molecule is O=C1CC=Nc2cc3c(cc21)OCCOCCOCCO3.